The molecule has 0 aliphatic heterocycles. The van der Waals surface area contributed by atoms with Crippen LogP contribution in [0.15, 0.2) is 0 Å². The van der Waals surface area contributed by atoms with Gasteiger partial charge in [-0.25, -0.2) is 0 Å². The third-order valence-electron chi connectivity index (χ3n) is 5.16. The van der Waals surface area contributed by atoms with Gasteiger partial charge in [0.1, 0.15) is 0 Å². The fourth-order valence-electron chi connectivity index (χ4n) is 4.37. The fraction of sp³-hybridized carbons (Fsp3) is 1.00. The van der Waals surface area contributed by atoms with E-state index < -0.39 is 0 Å². The smallest absolute Gasteiger partial charge is 0.0470 e. The van der Waals surface area contributed by atoms with Crippen molar-refractivity contribution < 1.29 is 5.11 Å². The first kappa shape index (κ1) is 9.51. The monoisotopic (exact) mass is 182 g/mol. The maximum atomic E-state index is 9.38. The SMILES string of the molecule is CCC1CCCC12C(CO)C2(C)C. The van der Waals surface area contributed by atoms with Gasteiger partial charge in [0.2, 0.25) is 0 Å². The van der Waals surface area contributed by atoms with Crippen molar-refractivity contribution >= 4 is 0 Å². The Balaban J connectivity index is 2.22. The Hall–Kier alpha value is -0.0400. The van der Waals surface area contributed by atoms with Crippen molar-refractivity contribution in [3.05, 3.63) is 0 Å². The average molecular weight is 182 g/mol. The summed E-state index contributed by atoms with van der Waals surface area (Å²) in [5, 5.41) is 9.38. The van der Waals surface area contributed by atoms with Crippen LogP contribution in [0.25, 0.3) is 0 Å². The van der Waals surface area contributed by atoms with Gasteiger partial charge in [0.05, 0.1) is 0 Å². The first-order valence-corrected chi connectivity index (χ1v) is 5.72. The predicted molar refractivity (Wildman–Crippen MR) is 54.4 cm³/mol. The Morgan fingerprint density at radius 3 is 2.54 bits per heavy atom. The molecular formula is C12H22O. The molecule has 0 bridgehead atoms. The Morgan fingerprint density at radius 2 is 2.08 bits per heavy atom. The maximum Gasteiger partial charge on any atom is 0.0470 e. The van der Waals surface area contributed by atoms with Crippen LogP contribution < -0.4 is 0 Å². The van der Waals surface area contributed by atoms with E-state index in [1.54, 1.807) is 0 Å². The molecule has 2 rings (SSSR count). The van der Waals surface area contributed by atoms with Crippen LogP contribution in [0.4, 0.5) is 0 Å². The Labute approximate surface area is 81.5 Å². The van der Waals surface area contributed by atoms with Crippen molar-refractivity contribution in [2.75, 3.05) is 6.61 Å². The summed E-state index contributed by atoms with van der Waals surface area (Å²) in [6.45, 7) is 7.41. The van der Waals surface area contributed by atoms with Crippen LogP contribution in [-0.4, -0.2) is 11.7 Å². The van der Waals surface area contributed by atoms with E-state index in [1.807, 2.05) is 0 Å². The zero-order chi connectivity index (χ0) is 9.69. The van der Waals surface area contributed by atoms with Crippen LogP contribution in [0.3, 0.4) is 0 Å². The molecule has 1 N–H and O–H groups in total. The molecule has 3 atom stereocenters. The molecule has 0 aromatic rings. The highest BCUT2D eigenvalue weighted by Crippen LogP contribution is 2.77. The van der Waals surface area contributed by atoms with Gasteiger partial charge in [-0.2, -0.15) is 0 Å². The summed E-state index contributed by atoms with van der Waals surface area (Å²) >= 11 is 0. The van der Waals surface area contributed by atoms with Gasteiger partial charge in [-0.15, -0.1) is 0 Å². The Bertz CT molecular complexity index is 201. The molecule has 1 heteroatoms. The molecule has 0 aromatic heterocycles. The van der Waals surface area contributed by atoms with E-state index in [0.29, 0.717) is 23.4 Å². The molecule has 1 nitrogen and oxygen atoms in total. The summed E-state index contributed by atoms with van der Waals surface area (Å²) in [6.07, 6.45) is 5.46. The highest BCUT2D eigenvalue weighted by atomic mass is 16.3. The molecule has 2 fully saturated rings. The first-order valence-electron chi connectivity index (χ1n) is 5.72. The third kappa shape index (κ3) is 0.918. The van der Waals surface area contributed by atoms with E-state index in [0.717, 1.165) is 5.92 Å². The molecule has 2 aliphatic carbocycles. The molecule has 0 radical (unpaired) electrons. The molecule has 0 amide bonds. The minimum absolute atomic E-state index is 0.406. The Kier molecular flexibility index (Phi) is 1.99. The molecule has 0 heterocycles. The quantitative estimate of drug-likeness (QED) is 0.696. The highest BCUT2D eigenvalue weighted by molar-refractivity contribution is 5.20. The molecule has 0 aromatic carbocycles. The summed E-state index contributed by atoms with van der Waals surface area (Å²) in [5.74, 6) is 1.48. The standard InChI is InChI=1S/C12H22O/c1-4-9-6-5-7-12(9)10(8-13)11(12,2)3/h9-10,13H,4-8H2,1-3H3. The summed E-state index contributed by atoms with van der Waals surface area (Å²) < 4.78 is 0. The average Bonchev–Trinajstić information content (AvgIpc) is 2.48. The molecule has 0 saturated heterocycles. The van der Waals surface area contributed by atoms with Crippen LogP contribution in [0.1, 0.15) is 46.5 Å². The van der Waals surface area contributed by atoms with Crippen molar-refractivity contribution in [1.29, 1.82) is 0 Å². The van der Waals surface area contributed by atoms with E-state index in [4.69, 9.17) is 0 Å². The van der Waals surface area contributed by atoms with Gasteiger partial charge in [0, 0.05) is 6.61 Å². The lowest BCUT2D eigenvalue weighted by atomic mass is 9.83. The van der Waals surface area contributed by atoms with E-state index in [2.05, 4.69) is 20.8 Å². The predicted octanol–water partition coefficient (Wildman–Crippen LogP) is 2.83. The molecule has 13 heavy (non-hydrogen) atoms. The summed E-state index contributed by atoms with van der Waals surface area (Å²) in [4.78, 5) is 0. The molecule has 2 aliphatic rings. The van der Waals surface area contributed by atoms with Crippen LogP contribution in [0, 0.1) is 22.7 Å². The summed E-state index contributed by atoms with van der Waals surface area (Å²) in [5.41, 5.74) is 0.940. The number of hydrogen-bond acceptors (Lipinski definition) is 1. The van der Waals surface area contributed by atoms with Crippen molar-refractivity contribution in [3.8, 4) is 0 Å². The van der Waals surface area contributed by atoms with Crippen LogP contribution in [0.5, 0.6) is 0 Å². The lowest BCUT2D eigenvalue weighted by Crippen LogP contribution is -2.15. The highest BCUT2D eigenvalue weighted by Gasteiger charge is 2.73. The minimum Gasteiger partial charge on any atom is -0.396 e. The second kappa shape index (κ2) is 2.73. The van der Waals surface area contributed by atoms with Crippen LogP contribution in [0.2, 0.25) is 0 Å². The van der Waals surface area contributed by atoms with Crippen molar-refractivity contribution in [2.45, 2.75) is 46.5 Å². The largest absolute Gasteiger partial charge is 0.396 e. The van der Waals surface area contributed by atoms with Crippen molar-refractivity contribution in [2.24, 2.45) is 22.7 Å². The van der Waals surface area contributed by atoms with Crippen molar-refractivity contribution in [3.63, 3.8) is 0 Å². The van der Waals surface area contributed by atoms with Gasteiger partial charge >= 0.3 is 0 Å². The van der Waals surface area contributed by atoms with Gasteiger partial charge in [-0.05, 0) is 35.5 Å². The van der Waals surface area contributed by atoms with Gasteiger partial charge in [0.25, 0.3) is 0 Å². The van der Waals surface area contributed by atoms with E-state index in [-0.39, 0.29) is 0 Å². The first-order chi connectivity index (χ1) is 6.11. The zero-order valence-corrected chi connectivity index (χ0v) is 9.14. The van der Waals surface area contributed by atoms with Gasteiger partial charge in [0.15, 0.2) is 0 Å². The zero-order valence-electron chi connectivity index (χ0n) is 9.14. The molecule has 1 spiro atoms. The number of aliphatic hydroxyl groups excluding tert-OH is 1. The van der Waals surface area contributed by atoms with E-state index in [9.17, 15) is 5.11 Å². The van der Waals surface area contributed by atoms with E-state index in [1.165, 1.54) is 25.7 Å². The van der Waals surface area contributed by atoms with Gasteiger partial charge in [-0.1, -0.05) is 33.6 Å². The second-order valence-electron chi connectivity index (χ2n) is 5.49. The van der Waals surface area contributed by atoms with E-state index >= 15 is 0 Å². The molecular weight excluding hydrogens is 160 g/mol. The molecule has 3 unspecified atom stereocenters. The fourth-order valence-corrected chi connectivity index (χ4v) is 4.37. The topological polar surface area (TPSA) is 20.2 Å². The van der Waals surface area contributed by atoms with Crippen LogP contribution in [-0.2, 0) is 0 Å². The Morgan fingerprint density at radius 1 is 1.38 bits per heavy atom. The van der Waals surface area contributed by atoms with Crippen molar-refractivity contribution in [1.82, 2.24) is 0 Å². The molecule has 2 saturated carbocycles. The summed E-state index contributed by atoms with van der Waals surface area (Å²) in [7, 11) is 0. The lowest BCUT2D eigenvalue weighted by Gasteiger charge is -2.21. The second-order valence-corrected chi connectivity index (χ2v) is 5.49. The number of aliphatic hydroxyl groups is 1. The third-order valence-corrected chi connectivity index (χ3v) is 5.16. The summed E-state index contributed by atoms with van der Waals surface area (Å²) in [6, 6.07) is 0. The molecule has 76 valence electrons. The minimum atomic E-state index is 0.406. The van der Waals surface area contributed by atoms with Gasteiger partial charge in [-0.3, -0.25) is 0 Å². The lowest BCUT2D eigenvalue weighted by molar-refractivity contribution is 0.223. The number of rotatable bonds is 2. The van der Waals surface area contributed by atoms with Gasteiger partial charge < -0.3 is 5.11 Å². The normalized spacial score (nSPS) is 47.1. The maximum absolute atomic E-state index is 9.38. The number of hydrogen-bond donors (Lipinski definition) is 1. The van der Waals surface area contributed by atoms with Crippen LogP contribution >= 0.6 is 0 Å².